The first kappa shape index (κ1) is 6.36. The summed E-state index contributed by atoms with van der Waals surface area (Å²) in [6.07, 6.45) is 1.58. The average molecular weight is 166 g/mol. The van der Waals surface area contributed by atoms with Crippen LogP contribution in [0.3, 0.4) is 0 Å². The molecule has 54 valence electrons. The van der Waals surface area contributed by atoms with Gasteiger partial charge in [-0.1, -0.05) is 4.49 Å². The van der Waals surface area contributed by atoms with Crippen molar-refractivity contribution < 1.29 is 4.98 Å². The van der Waals surface area contributed by atoms with Gasteiger partial charge in [0.05, 0.1) is 4.70 Å². The van der Waals surface area contributed by atoms with Gasteiger partial charge in [-0.05, 0) is 17.6 Å². The zero-order valence-electron chi connectivity index (χ0n) is 5.44. The van der Waals surface area contributed by atoms with E-state index >= 15 is 0 Å². The van der Waals surface area contributed by atoms with Crippen molar-refractivity contribution >= 4 is 21.7 Å². The quantitative estimate of drug-likeness (QED) is 0.547. The lowest BCUT2D eigenvalue weighted by Gasteiger charge is -1.63. The lowest BCUT2D eigenvalue weighted by molar-refractivity contribution is -0.393. The molecular formula is C6H4N3OS+. The van der Waals surface area contributed by atoms with Gasteiger partial charge in [0.1, 0.15) is 0 Å². The van der Waals surface area contributed by atoms with E-state index in [9.17, 15) is 4.79 Å². The van der Waals surface area contributed by atoms with Gasteiger partial charge in [0.2, 0.25) is 5.52 Å². The van der Waals surface area contributed by atoms with Crippen molar-refractivity contribution in [3.8, 4) is 0 Å². The molecule has 0 saturated heterocycles. The standard InChI is InChI=1S/C6H3N3OS/c10-6-5-4(11-9-8-5)2-1-3-7-6/h1-3H/p+1. The fourth-order valence-corrected chi connectivity index (χ4v) is 1.36. The van der Waals surface area contributed by atoms with Crippen LogP contribution in [0, 0.1) is 0 Å². The predicted octanol–water partition coefficient (Wildman–Crippen LogP) is -0.134. The summed E-state index contributed by atoms with van der Waals surface area (Å²) in [5, 5.41) is 3.68. The average Bonchev–Trinajstić information content (AvgIpc) is 2.40. The van der Waals surface area contributed by atoms with E-state index in [0.717, 1.165) is 4.70 Å². The Labute approximate surface area is 65.7 Å². The molecular weight excluding hydrogens is 162 g/mol. The molecule has 1 N–H and O–H groups in total. The molecule has 0 aliphatic heterocycles. The molecule has 0 aliphatic carbocycles. The zero-order chi connectivity index (χ0) is 7.68. The summed E-state index contributed by atoms with van der Waals surface area (Å²) >= 11 is 1.21. The van der Waals surface area contributed by atoms with E-state index in [2.05, 4.69) is 14.6 Å². The van der Waals surface area contributed by atoms with Crippen molar-refractivity contribution in [2.45, 2.75) is 0 Å². The second-order valence-electron chi connectivity index (χ2n) is 1.99. The van der Waals surface area contributed by atoms with Crippen molar-refractivity contribution in [1.82, 2.24) is 9.59 Å². The molecule has 0 atom stereocenters. The molecule has 2 aromatic heterocycles. The minimum atomic E-state index is -0.196. The molecule has 2 rings (SSSR count). The van der Waals surface area contributed by atoms with Gasteiger partial charge in [0.25, 0.3) is 0 Å². The number of nitrogens with one attached hydrogen (secondary N) is 1. The number of H-pyrrole nitrogens is 1. The topological polar surface area (TPSA) is 57.0 Å². The summed E-state index contributed by atoms with van der Waals surface area (Å²) in [5.74, 6) is 0. The van der Waals surface area contributed by atoms with E-state index in [1.54, 1.807) is 18.3 Å². The third kappa shape index (κ3) is 0.988. The van der Waals surface area contributed by atoms with Crippen LogP contribution in [0.5, 0.6) is 0 Å². The first-order valence-electron chi connectivity index (χ1n) is 3.01. The van der Waals surface area contributed by atoms with Crippen LogP contribution in [0.4, 0.5) is 0 Å². The lowest BCUT2D eigenvalue weighted by atomic mass is 10.5. The van der Waals surface area contributed by atoms with Crippen LogP contribution in [0.1, 0.15) is 0 Å². The first-order valence-corrected chi connectivity index (χ1v) is 3.78. The Kier molecular flexibility index (Phi) is 1.36. The summed E-state index contributed by atoms with van der Waals surface area (Å²) in [7, 11) is 0. The van der Waals surface area contributed by atoms with E-state index in [4.69, 9.17) is 0 Å². The summed E-state index contributed by atoms with van der Waals surface area (Å²) < 4.78 is 4.46. The minimum Gasteiger partial charge on any atom is -0.212 e. The van der Waals surface area contributed by atoms with Crippen LogP contribution in [-0.4, -0.2) is 9.59 Å². The molecule has 0 unspecified atom stereocenters. The molecule has 5 heteroatoms. The van der Waals surface area contributed by atoms with Gasteiger partial charge < -0.3 is 0 Å². The highest BCUT2D eigenvalue weighted by Crippen LogP contribution is 2.06. The van der Waals surface area contributed by atoms with Crippen molar-refractivity contribution in [3.63, 3.8) is 0 Å². The third-order valence-electron chi connectivity index (χ3n) is 1.29. The van der Waals surface area contributed by atoms with E-state index in [1.807, 2.05) is 0 Å². The Morgan fingerprint density at radius 1 is 1.55 bits per heavy atom. The Hall–Kier alpha value is -1.36. The number of hydrogen-bond donors (Lipinski definition) is 0. The van der Waals surface area contributed by atoms with Gasteiger partial charge in [-0.3, -0.25) is 0 Å². The highest BCUT2D eigenvalue weighted by molar-refractivity contribution is 7.12. The van der Waals surface area contributed by atoms with Crippen LogP contribution in [0.2, 0.25) is 0 Å². The SMILES string of the molecule is O=c1[nH+]cccc2snnc12. The molecule has 2 heterocycles. The van der Waals surface area contributed by atoms with E-state index < -0.39 is 0 Å². The van der Waals surface area contributed by atoms with Gasteiger partial charge >= 0.3 is 5.56 Å². The Bertz CT molecular complexity index is 439. The number of nitrogens with zero attached hydrogens (tertiary/aromatic N) is 2. The molecule has 2 aromatic rings. The van der Waals surface area contributed by atoms with Gasteiger partial charge in [0, 0.05) is 6.07 Å². The van der Waals surface area contributed by atoms with Crippen LogP contribution < -0.4 is 10.5 Å². The second-order valence-corrected chi connectivity index (χ2v) is 2.77. The van der Waals surface area contributed by atoms with Gasteiger partial charge in [-0.2, -0.15) is 4.98 Å². The molecule has 0 aromatic carbocycles. The molecule has 4 nitrogen and oxygen atoms in total. The Balaban J connectivity index is 3.09. The summed E-state index contributed by atoms with van der Waals surface area (Å²) in [6.45, 7) is 0. The van der Waals surface area contributed by atoms with Crippen molar-refractivity contribution in [3.05, 3.63) is 28.7 Å². The summed E-state index contributed by atoms with van der Waals surface area (Å²) in [5.41, 5.74) is 0.207. The number of aromatic nitrogens is 3. The number of rotatable bonds is 0. The molecule has 11 heavy (non-hydrogen) atoms. The molecule has 0 radical (unpaired) electrons. The smallest absolute Gasteiger partial charge is 0.212 e. The molecule has 0 spiro atoms. The number of fused-ring (bicyclic) bond motifs is 1. The number of aromatic amines is 1. The zero-order valence-corrected chi connectivity index (χ0v) is 6.26. The highest BCUT2D eigenvalue weighted by Gasteiger charge is 2.03. The van der Waals surface area contributed by atoms with Gasteiger partial charge in [-0.15, -0.1) is 5.10 Å². The predicted molar refractivity (Wildman–Crippen MR) is 40.2 cm³/mol. The second kappa shape index (κ2) is 2.35. The van der Waals surface area contributed by atoms with E-state index in [0.29, 0.717) is 5.52 Å². The molecule has 0 bridgehead atoms. The van der Waals surface area contributed by atoms with Crippen LogP contribution in [0.15, 0.2) is 23.1 Å². The Morgan fingerprint density at radius 3 is 3.36 bits per heavy atom. The fourth-order valence-electron chi connectivity index (χ4n) is 0.792. The van der Waals surface area contributed by atoms with Crippen LogP contribution >= 0.6 is 11.5 Å². The van der Waals surface area contributed by atoms with E-state index in [1.165, 1.54) is 11.5 Å². The molecule has 0 aliphatic rings. The third-order valence-corrected chi connectivity index (χ3v) is 1.98. The van der Waals surface area contributed by atoms with Crippen LogP contribution in [0.25, 0.3) is 10.2 Å². The largest absolute Gasteiger partial charge is 0.439 e. The first-order chi connectivity index (χ1) is 5.38. The molecule has 0 amide bonds. The summed E-state index contributed by atoms with van der Waals surface area (Å²) in [6, 6.07) is 3.56. The lowest BCUT2D eigenvalue weighted by Crippen LogP contribution is -2.23. The van der Waals surface area contributed by atoms with E-state index in [-0.39, 0.29) is 5.56 Å². The van der Waals surface area contributed by atoms with Crippen LogP contribution in [-0.2, 0) is 0 Å². The maximum Gasteiger partial charge on any atom is 0.439 e. The number of hydrogen-bond acceptors (Lipinski definition) is 4. The fraction of sp³-hybridized carbons (Fsp3) is 0. The molecule has 0 saturated carbocycles. The monoisotopic (exact) mass is 166 g/mol. The Morgan fingerprint density at radius 2 is 2.45 bits per heavy atom. The van der Waals surface area contributed by atoms with Crippen molar-refractivity contribution in [2.75, 3.05) is 0 Å². The summed E-state index contributed by atoms with van der Waals surface area (Å²) in [4.78, 5) is 13.6. The van der Waals surface area contributed by atoms with Crippen molar-refractivity contribution in [2.24, 2.45) is 0 Å². The molecule has 0 fully saturated rings. The highest BCUT2D eigenvalue weighted by atomic mass is 32.1. The van der Waals surface area contributed by atoms with Gasteiger partial charge in [0.15, 0.2) is 6.20 Å². The maximum atomic E-state index is 11.1. The minimum absolute atomic E-state index is 0.196. The van der Waals surface area contributed by atoms with Gasteiger partial charge in [-0.25, -0.2) is 4.79 Å². The maximum absolute atomic E-state index is 11.1. The normalized spacial score (nSPS) is 10.2. The van der Waals surface area contributed by atoms with Crippen molar-refractivity contribution in [1.29, 1.82) is 0 Å².